The maximum Gasteiger partial charge on any atom is 0.172 e. The van der Waals surface area contributed by atoms with E-state index in [1.165, 1.54) is 0 Å². The molecule has 0 bridgehead atoms. The summed E-state index contributed by atoms with van der Waals surface area (Å²) in [5.41, 5.74) is 1.44. The van der Waals surface area contributed by atoms with Crippen LogP contribution < -0.4 is 0 Å². The van der Waals surface area contributed by atoms with Crippen LogP contribution in [0.25, 0.3) is 0 Å². The van der Waals surface area contributed by atoms with Gasteiger partial charge in [-0.25, -0.2) is 4.68 Å². The molecule has 1 heterocycles. The lowest BCUT2D eigenvalue weighted by molar-refractivity contribution is 0.111. The van der Waals surface area contributed by atoms with Crippen LogP contribution in [0.15, 0.2) is 0 Å². The van der Waals surface area contributed by atoms with Gasteiger partial charge in [-0.05, 0) is 19.3 Å². The molecule has 4 nitrogen and oxygen atoms in total. The van der Waals surface area contributed by atoms with Gasteiger partial charge in [-0.3, -0.25) is 4.79 Å². The van der Waals surface area contributed by atoms with Crippen molar-refractivity contribution in [2.45, 2.75) is 46.1 Å². The van der Waals surface area contributed by atoms with Crippen LogP contribution in [0.5, 0.6) is 0 Å². The second-order valence-electron chi connectivity index (χ2n) is 3.31. The first-order chi connectivity index (χ1) is 6.78. The smallest absolute Gasteiger partial charge is 0.172 e. The molecule has 0 saturated carbocycles. The fourth-order valence-electron chi connectivity index (χ4n) is 1.69. The van der Waals surface area contributed by atoms with Crippen molar-refractivity contribution >= 4 is 6.29 Å². The molecule has 0 aliphatic rings. The van der Waals surface area contributed by atoms with Crippen LogP contribution in [0.2, 0.25) is 0 Å². The van der Waals surface area contributed by atoms with Crippen LogP contribution in [-0.4, -0.2) is 21.3 Å². The predicted molar refractivity (Wildman–Crippen MR) is 54.4 cm³/mol. The van der Waals surface area contributed by atoms with Crippen LogP contribution in [0, 0.1) is 0 Å². The molecule has 4 heteroatoms. The SMILES string of the molecule is CCc1c(C=O)nnn1C(CC)CC. The number of hydrogen-bond donors (Lipinski definition) is 0. The molecule has 0 amide bonds. The number of carbonyl (C=O) groups is 1. The Balaban J connectivity index is 3.06. The third-order valence-electron chi connectivity index (χ3n) is 2.56. The highest BCUT2D eigenvalue weighted by atomic mass is 16.1. The largest absolute Gasteiger partial charge is 0.296 e. The summed E-state index contributed by atoms with van der Waals surface area (Å²) in [5, 5.41) is 7.90. The van der Waals surface area contributed by atoms with E-state index in [1.807, 2.05) is 11.6 Å². The topological polar surface area (TPSA) is 47.8 Å². The summed E-state index contributed by atoms with van der Waals surface area (Å²) in [6.07, 6.45) is 3.62. The van der Waals surface area contributed by atoms with Crippen LogP contribution >= 0.6 is 0 Å². The Morgan fingerprint density at radius 1 is 1.36 bits per heavy atom. The molecule has 14 heavy (non-hydrogen) atoms. The van der Waals surface area contributed by atoms with Gasteiger partial charge in [-0.2, -0.15) is 0 Å². The summed E-state index contributed by atoms with van der Waals surface area (Å²) >= 11 is 0. The average Bonchev–Trinajstić information content (AvgIpc) is 2.62. The van der Waals surface area contributed by atoms with Gasteiger partial charge in [0.25, 0.3) is 0 Å². The van der Waals surface area contributed by atoms with Crippen LogP contribution in [0.1, 0.15) is 55.8 Å². The second-order valence-corrected chi connectivity index (χ2v) is 3.31. The molecule has 0 saturated heterocycles. The van der Waals surface area contributed by atoms with Gasteiger partial charge < -0.3 is 0 Å². The minimum absolute atomic E-state index is 0.367. The van der Waals surface area contributed by atoms with E-state index in [0.717, 1.165) is 31.2 Å². The first kappa shape index (κ1) is 10.9. The molecule has 1 rings (SSSR count). The molecule has 1 aromatic rings. The Hall–Kier alpha value is -1.19. The summed E-state index contributed by atoms with van der Waals surface area (Å²) in [6.45, 7) is 6.26. The lowest BCUT2D eigenvalue weighted by atomic mass is 10.1. The molecule has 78 valence electrons. The monoisotopic (exact) mass is 195 g/mol. The van der Waals surface area contributed by atoms with Crippen molar-refractivity contribution in [1.29, 1.82) is 0 Å². The Bertz CT molecular complexity index is 302. The number of carbonyl (C=O) groups excluding carboxylic acids is 1. The van der Waals surface area contributed by atoms with Gasteiger partial charge in [-0.15, -0.1) is 5.10 Å². The van der Waals surface area contributed by atoms with Crippen molar-refractivity contribution < 1.29 is 4.79 Å². The Morgan fingerprint density at radius 3 is 2.43 bits per heavy atom. The third kappa shape index (κ3) is 1.84. The van der Waals surface area contributed by atoms with E-state index in [4.69, 9.17) is 0 Å². The van der Waals surface area contributed by atoms with Crippen LogP contribution in [0.3, 0.4) is 0 Å². The number of aromatic nitrogens is 3. The summed E-state index contributed by atoms with van der Waals surface area (Å²) in [4.78, 5) is 10.7. The van der Waals surface area contributed by atoms with Crippen LogP contribution in [-0.2, 0) is 6.42 Å². The maximum atomic E-state index is 10.7. The van der Waals surface area contributed by atoms with Gasteiger partial charge in [0.2, 0.25) is 0 Å². The molecule has 0 atom stereocenters. The molecular weight excluding hydrogens is 178 g/mol. The number of nitrogens with zero attached hydrogens (tertiary/aromatic N) is 3. The molecule has 0 aromatic carbocycles. The van der Waals surface area contributed by atoms with E-state index < -0.39 is 0 Å². The van der Waals surface area contributed by atoms with Crippen molar-refractivity contribution in [1.82, 2.24) is 15.0 Å². The summed E-state index contributed by atoms with van der Waals surface area (Å²) in [7, 11) is 0. The molecule has 1 aromatic heterocycles. The minimum atomic E-state index is 0.367. The standard InChI is InChI=1S/C10H17N3O/c1-4-8(5-2)13-10(6-3)9(7-14)11-12-13/h7-8H,4-6H2,1-3H3. The molecule has 0 spiro atoms. The molecule has 0 N–H and O–H groups in total. The van der Waals surface area contributed by atoms with Gasteiger partial charge in [0.15, 0.2) is 6.29 Å². The zero-order valence-electron chi connectivity index (χ0n) is 9.03. The summed E-state index contributed by atoms with van der Waals surface area (Å²) < 4.78 is 1.89. The van der Waals surface area contributed by atoms with E-state index in [1.54, 1.807) is 0 Å². The quantitative estimate of drug-likeness (QED) is 0.675. The Morgan fingerprint density at radius 2 is 2.00 bits per heavy atom. The first-order valence-electron chi connectivity index (χ1n) is 5.17. The second kappa shape index (κ2) is 4.88. The van der Waals surface area contributed by atoms with Crippen molar-refractivity contribution in [2.75, 3.05) is 0 Å². The lowest BCUT2D eigenvalue weighted by Crippen LogP contribution is -2.12. The molecule has 0 aliphatic heterocycles. The maximum absolute atomic E-state index is 10.7. The zero-order valence-corrected chi connectivity index (χ0v) is 9.03. The van der Waals surface area contributed by atoms with Crippen LogP contribution in [0.4, 0.5) is 0 Å². The molecule has 0 aliphatic carbocycles. The Labute approximate surface area is 84.3 Å². The highest BCUT2D eigenvalue weighted by Gasteiger charge is 2.15. The molecule has 0 unspecified atom stereocenters. The highest BCUT2D eigenvalue weighted by molar-refractivity contribution is 5.73. The number of aldehydes is 1. The van der Waals surface area contributed by atoms with E-state index >= 15 is 0 Å². The fourth-order valence-corrected chi connectivity index (χ4v) is 1.69. The number of hydrogen-bond acceptors (Lipinski definition) is 3. The summed E-state index contributed by atoms with van der Waals surface area (Å²) in [6, 6.07) is 0.367. The van der Waals surface area contributed by atoms with Crippen molar-refractivity contribution in [2.24, 2.45) is 0 Å². The molecular formula is C10H17N3O. The van der Waals surface area contributed by atoms with Gasteiger partial charge in [-0.1, -0.05) is 26.0 Å². The average molecular weight is 195 g/mol. The zero-order chi connectivity index (χ0) is 10.6. The fraction of sp³-hybridized carbons (Fsp3) is 0.700. The van der Waals surface area contributed by atoms with Gasteiger partial charge in [0.1, 0.15) is 5.69 Å². The van der Waals surface area contributed by atoms with Gasteiger partial charge in [0.05, 0.1) is 11.7 Å². The van der Waals surface area contributed by atoms with Gasteiger partial charge >= 0.3 is 0 Å². The van der Waals surface area contributed by atoms with Gasteiger partial charge in [0, 0.05) is 0 Å². The highest BCUT2D eigenvalue weighted by Crippen LogP contribution is 2.17. The predicted octanol–water partition coefficient (Wildman–Crippen LogP) is 2.01. The minimum Gasteiger partial charge on any atom is -0.296 e. The van der Waals surface area contributed by atoms with E-state index in [2.05, 4.69) is 24.2 Å². The number of rotatable bonds is 5. The lowest BCUT2D eigenvalue weighted by Gasteiger charge is -2.14. The van der Waals surface area contributed by atoms with Crippen molar-refractivity contribution in [3.05, 3.63) is 11.4 Å². The van der Waals surface area contributed by atoms with E-state index in [0.29, 0.717) is 11.7 Å². The van der Waals surface area contributed by atoms with Crippen molar-refractivity contribution in [3.8, 4) is 0 Å². The Kier molecular flexibility index (Phi) is 3.80. The molecule has 0 fully saturated rings. The normalized spacial score (nSPS) is 10.9. The third-order valence-corrected chi connectivity index (χ3v) is 2.56. The van der Waals surface area contributed by atoms with E-state index in [9.17, 15) is 4.79 Å². The summed E-state index contributed by atoms with van der Waals surface area (Å²) in [5.74, 6) is 0. The van der Waals surface area contributed by atoms with E-state index in [-0.39, 0.29) is 0 Å². The first-order valence-corrected chi connectivity index (χ1v) is 5.17. The van der Waals surface area contributed by atoms with Crippen molar-refractivity contribution in [3.63, 3.8) is 0 Å². The molecule has 0 radical (unpaired) electrons.